The molecular formula is C10H8ClN3O3. The number of hydrogen-bond donors (Lipinski definition) is 0. The Morgan fingerprint density at radius 3 is 2.59 bits per heavy atom. The van der Waals surface area contributed by atoms with Crippen LogP contribution in [0.3, 0.4) is 0 Å². The minimum atomic E-state index is -0.577. The van der Waals surface area contributed by atoms with Crippen molar-refractivity contribution in [2.75, 3.05) is 0 Å². The van der Waals surface area contributed by atoms with Crippen LogP contribution in [0.2, 0.25) is 5.15 Å². The molecule has 0 saturated carbocycles. The van der Waals surface area contributed by atoms with Crippen LogP contribution in [0, 0.1) is 24.0 Å². The van der Waals surface area contributed by atoms with Crippen LogP contribution < -0.4 is 0 Å². The highest BCUT2D eigenvalue weighted by atomic mass is 35.5. The zero-order valence-corrected chi connectivity index (χ0v) is 9.85. The van der Waals surface area contributed by atoms with Gasteiger partial charge in [-0.15, -0.1) is 0 Å². The second-order valence-electron chi connectivity index (χ2n) is 3.46. The van der Waals surface area contributed by atoms with E-state index in [1.165, 1.54) is 12.1 Å². The molecule has 2 heterocycles. The lowest BCUT2D eigenvalue weighted by molar-refractivity contribution is -0.385. The summed E-state index contributed by atoms with van der Waals surface area (Å²) in [4.78, 5) is 14.0. The number of hydrogen-bond acceptors (Lipinski definition) is 5. The molecule has 2 aromatic heterocycles. The fraction of sp³-hybridized carbons (Fsp3) is 0.200. The van der Waals surface area contributed by atoms with E-state index >= 15 is 0 Å². The molecule has 0 atom stereocenters. The quantitative estimate of drug-likeness (QED) is 0.467. The van der Waals surface area contributed by atoms with E-state index in [-0.39, 0.29) is 10.8 Å². The minimum absolute atomic E-state index is 0.146. The Kier molecular flexibility index (Phi) is 2.81. The molecule has 0 aromatic carbocycles. The van der Waals surface area contributed by atoms with Gasteiger partial charge in [0.2, 0.25) is 5.15 Å². The Morgan fingerprint density at radius 1 is 1.41 bits per heavy atom. The first-order valence-corrected chi connectivity index (χ1v) is 5.12. The lowest BCUT2D eigenvalue weighted by Gasteiger charge is -2.00. The maximum atomic E-state index is 10.6. The number of pyridine rings is 1. The van der Waals surface area contributed by atoms with Crippen LogP contribution in [0.4, 0.5) is 5.69 Å². The van der Waals surface area contributed by atoms with E-state index in [0.717, 1.165) is 0 Å². The lowest BCUT2D eigenvalue weighted by atomic mass is 10.1. The number of rotatable bonds is 2. The predicted molar refractivity (Wildman–Crippen MR) is 60.9 cm³/mol. The van der Waals surface area contributed by atoms with Crippen molar-refractivity contribution in [3.8, 4) is 11.3 Å². The molecule has 0 saturated heterocycles. The first-order chi connectivity index (χ1) is 8.00. The van der Waals surface area contributed by atoms with Crippen LogP contribution in [0.5, 0.6) is 0 Å². The van der Waals surface area contributed by atoms with Gasteiger partial charge < -0.3 is 4.52 Å². The molecule has 0 amide bonds. The zero-order valence-electron chi connectivity index (χ0n) is 9.10. The summed E-state index contributed by atoms with van der Waals surface area (Å²) in [6.45, 7) is 3.51. The summed E-state index contributed by atoms with van der Waals surface area (Å²) >= 11 is 5.74. The second-order valence-corrected chi connectivity index (χ2v) is 3.82. The van der Waals surface area contributed by atoms with Gasteiger partial charge in [0.1, 0.15) is 5.76 Å². The average molecular weight is 254 g/mol. The van der Waals surface area contributed by atoms with E-state index in [4.69, 9.17) is 16.1 Å². The van der Waals surface area contributed by atoms with Gasteiger partial charge in [0.05, 0.1) is 21.9 Å². The molecule has 0 aliphatic heterocycles. The molecule has 17 heavy (non-hydrogen) atoms. The molecule has 0 aliphatic carbocycles. The van der Waals surface area contributed by atoms with Crippen LogP contribution in [0.25, 0.3) is 11.3 Å². The average Bonchev–Trinajstić information content (AvgIpc) is 2.58. The third kappa shape index (κ3) is 1.99. The van der Waals surface area contributed by atoms with E-state index in [0.29, 0.717) is 22.7 Å². The third-order valence-electron chi connectivity index (χ3n) is 2.32. The highest BCUT2D eigenvalue weighted by molar-refractivity contribution is 6.31. The fourth-order valence-electron chi connectivity index (χ4n) is 1.55. The molecule has 2 aromatic rings. The standard InChI is InChI=1S/C10H8ClN3O3/c1-5-9(6(2)17-13-5)7-3-4-8(14(15)16)10(11)12-7/h3-4H,1-2H3. The van der Waals surface area contributed by atoms with Crippen molar-refractivity contribution in [1.82, 2.24) is 10.1 Å². The molecule has 6 nitrogen and oxygen atoms in total. The molecule has 0 unspecified atom stereocenters. The number of aryl methyl sites for hydroxylation is 2. The number of halogens is 1. The highest BCUT2D eigenvalue weighted by Gasteiger charge is 2.18. The Morgan fingerprint density at radius 2 is 2.12 bits per heavy atom. The van der Waals surface area contributed by atoms with Crippen molar-refractivity contribution in [1.29, 1.82) is 0 Å². The topological polar surface area (TPSA) is 82.1 Å². The summed E-state index contributed by atoms with van der Waals surface area (Å²) in [5.74, 6) is 0.597. The first-order valence-electron chi connectivity index (χ1n) is 4.75. The van der Waals surface area contributed by atoms with Crippen molar-refractivity contribution in [3.63, 3.8) is 0 Å². The molecule has 0 fully saturated rings. The summed E-state index contributed by atoms with van der Waals surface area (Å²) in [5, 5.41) is 14.2. The molecule has 0 radical (unpaired) electrons. The number of nitrogens with zero attached hydrogens (tertiary/aromatic N) is 3. The van der Waals surface area contributed by atoms with Crippen LogP contribution >= 0.6 is 11.6 Å². The second kappa shape index (κ2) is 4.14. The monoisotopic (exact) mass is 253 g/mol. The Balaban J connectivity index is 2.56. The maximum Gasteiger partial charge on any atom is 0.306 e. The largest absolute Gasteiger partial charge is 0.361 e. The summed E-state index contributed by atoms with van der Waals surface area (Å²) in [6.07, 6.45) is 0. The smallest absolute Gasteiger partial charge is 0.306 e. The van der Waals surface area contributed by atoms with E-state index in [2.05, 4.69) is 10.1 Å². The van der Waals surface area contributed by atoms with E-state index in [9.17, 15) is 10.1 Å². The summed E-state index contributed by atoms with van der Waals surface area (Å²) in [6, 6.07) is 2.84. The Hall–Kier alpha value is -1.95. The van der Waals surface area contributed by atoms with Crippen molar-refractivity contribution >= 4 is 17.3 Å². The number of aromatic nitrogens is 2. The van der Waals surface area contributed by atoms with Crippen molar-refractivity contribution in [3.05, 3.63) is 38.9 Å². The normalized spacial score (nSPS) is 10.5. The Labute approximate surface area is 101 Å². The molecule has 0 spiro atoms. The summed E-state index contributed by atoms with van der Waals surface area (Å²) < 4.78 is 5.00. The maximum absolute atomic E-state index is 10.6. The number of nitro groups is 1. The predicted octanol–water partition coefficient (Wildman–Crippen LogP) is 2.92. The Bertz CT molecular complexity index is 575. The third-order valence-corrected chi connectivity index (χ3v) is 2.59. The van der Waals surface area contributed by atoms with Gasteiger partial charge in [0.15, 0.2) is 0 Å². The van der Waals surface area contributed by atoms with Crippen molar-refractivity contribution in [2.45, 2.75) is 13.8 Å². The summed E-state index contributed by atoms with van der Waals surface area (Å²) in [5.41, 5.74) is 1.67. The molecule has 0 bridgehead atoms. The fourth-order valence-corrected chi connectivity index (χ4v) is 1.77. The first kappa shape index (κ1) is 11.5. The van der Waals surface area contributed by atoms with Crippen molar-refractivity contribution in [2.24, 2.45) is 0 Å². The van der Waals surface area contributed by atoms with Gasteiger partial charge in [0.25, 0.3) is 0 Å². The van der Waals surface area contributed by atoms with E-state index in [1.54, 1.807) is 13.8 Å². The van der Waals surface area contributed by atoms with E-state index < -0.39 is 4.92 Å². The molecule has 0 N–H and O–H groups in total. The van der Waals surface area contributed by atoms with Crippen molar-refractivity contribution < 1.29 is 9.45 Å². The van der Waals surface area contributed by atoms with Crippen LogP contribution in [0.1, 0.15) is 11.5 Å². The van der Waals surface area contributed by atoms with Gasteiger partial charge in [-0.25, -0.2) is 4.98 Å². The minimum Gasteiger partial charge on any atom is -0.361 e. The van der Waals surface area contributed by atoms with Gasteiger partial charge in [-0.2, -0.15) is 0 Å². The van der Waals surface area contributed by atoms with Gasteiger partial charge in [0, 0.05) is 6.07 Å². The molecule has 88 valence electrons. The van der Waals surface area contributed by atoms with Gasteiger partial charge in [-0.3, -0.25) is 10.1 Å². The van der Waals surface area contributed by atoms with E-state index in [1.807, 2.05) is 0 Å². The van der Waals surface area contributed by atoms with Crippen LogP contribution in [-0.2, 0) is 0 Å². The SMILES string of the molecule is Cc1noc(C)c1-c1ccc([N+](=O)[O-])c(Cl)n1. The highest BCUT2D eigenvalue weighted by Crippen LogP contribution is 2.29. The molecule has 2 rings (SSSR count). The van der Waals surface area contributed by atoms with Gasteiger partial charge >= 0.3 is 5.69 Å². The zero-order chi connectivity index (χ0) is 12.6. The van der Waals surface area contributed by atoms with Crippen LogP contribution in [0.15, 0.2) is 16.7 Å². The molecule has 7 heteroatoms. The lowest BCUT2D eigenvalue weighted by Crippen LogP contribution is -1.93. The van der Waals surface area contributed by atoms with Crippen LogP contribution in [-0.4, -0.2) is 15.1 Å². The summed E-state index contributed by atoms with van der Waals surface area (Å²) in [7, 11) is 0. The molecule has 0 aliphatic rings. The molecular weight excluding hydrogens is 246 g/mol. The van der Waals surface area contributed by atoms with Gasteiger partial charge in [-0.1, -0.05) is 16.8 Å². The van der Waals surface area contributed by atoms with Gasteiger partial charge in [-0.05, 0) is 19.9 Å².